The summed E-state index contributed by atoms with van der Waals surface area (Å²) in [6.07, 6.45) is 1.71. The van der Waals surface area contributed by atoms with Crippen LogP contribution in [0.25, 0.3) is 0 Å². The fourth-order valence-electron chi connectivity index (χ4n) is 2.13. The summed E-state index contributed by atoms with van der Waals surface area (Å²) in [6.45, 7) is 6.55. The number of hydrogen-bond donors (Lipinski definition) is 0. The third kappa shape index (κ3) is 3.23. The Labute approximate surface area is 120 Å². The highest BCUT2D eigenvalue weighted by Gasteiger charge is 2.20. The van der Waals surface area contributed by atoms with Gasteiger partial charge in [-0.15, -0.1) is 0 Å². The van der Waals surface area contributed by atoms with Crippen LogP contribution in [0.15, 0.2) is 48.7 Å². The number of aryl methyl sites for hydroxylation is 1. The minimum atomic E-state index is 0.0365. The van der Waals surface area contributed by atoms with Crippen molar-refractivity contribution in [1.82, 2.24) is 9.88 Å². The van der Waals surface area contributed by atoms with Crippen LogP contribution in [0, 0.1) is 6.92 Å². The van der Waals surface area contributed by atoms with Gasteiger partial charge in [0.15, 0.2) is 0 Å². The third-order valence-corrected chi connectivity index (χ3v) is 3.32. The summed E-state index contributed by atoms with van der Waals surface area (Å²) in [5.41, 5.74) is 2.59. The maximum Gasteiger partial charge on any atom is 0.256 e. The van der Waals surface area contributed by atoms with Crippen LogP contribution in [0.1, 0.15) is 35.5 Å². The smallest absolute Gasteiger partial charge is 0.256 e. The van der Waals surface area contributed by atoms with Crippen LogP contribution in [0.3, 0.4) is 0 Å². The van der Waals surface area contributed by atoms with Gasteiger partial charge in [-0.25, -0.2) is 0 Å². The first kappa shape index (κ1) is 14.3. The SMILES string of the molecule is Cc1ncccc1C(=O)N(Cc1ccccc1)C(C)C. The van der Waals surface area contributed by atoms with Crippen molar-refractivity contribution in [2.24, 2.45) is 0 Å². The zero-order chi connectivity index (χ0) is 14.5. The van der Waals surface area contributed by atoms with Gasteiger partial charge in [-0.3, -0.25) is 9.78 Å². The molecule has 0 unspecified atom stereocenters. The topological polar surface area (TPSA) is 33.2 Å². The molecule has 104 valence electrons. The molecule has 1 amide bonds. The molecule has 0 saturated heterocycles. The van der Waals surface area contributed by atoms with Crippen molar-refractivity contribution in [1.29, 1.82) is 0 Å². The lowest BCUT2D eigenvalue weighted by atomic mass is 10.1. The van der Waals surface area contributed by atoms with E-state index in [2.05, 4.69) is 4.98 Å². The fraction of sp³-hybridized carbons (Fsp3) is 0.294. The molecule has 0 aliphatic rings. The van der Waals surface area contributed by atoms with Gasteiger partial charge in [-0.1, -0.05) is 30.3 Å². The second-order valence-electron chi connectivity index (χ2n) is 5.15. The van der Waals surface area contributed by atoms with Gasteiger partial charge in [0, 0.05) is 24.5 Å². The third-order valence-electron chi connectivity index (χ3n) is 3.32. The van der Waals surface area contributed by atoms with Crippen molar-refractivity contribution in [3.63, 3.8) is 0 Å². The van der Waals surface area contributed by atoms with E-state index in [-0.39, 0.29) is 11.9 Å². The van der Waals surface area contributed by atoms with Crippen LogP contribution in [-0.2, 0) is 6.54 Å². The molecule has 0 radical (unpaired) electrons. The maximum absolute atomic E-state index is 12.7. The van der Waals surface area contributed by atoms with Crippen molar-refractivity contribution in [3.05, 3.63) is 65.5 Å². The minimum absolute atomic E-state index is 0.0365. The molecule has 0 spiro atoms. The number of aromatic nitrogens is 1. The first-order chi connectivity index (χ1) is 9.59. The molecule has 0 aliphatic heterocycles. The maximum atomic E-state index is 12.7. The molecule has 0 fully saturated rings. The summed E-state index contributed by atoms with van der Waals surface area (Å²) in [5.74, 6) is 0.0365. The lowest BCUT2D eigenvalue weighted by Gasteiger charge is -2.27. The van der Waals surface area contributed by atoms with Crippen LogP contribution in [0.5, 0.6) is 0 Å². The molecule has 1 aromatic carbocycles. The van der Waals surface area contributed by atoms with Crippen molar-refractivity contribution >= 4 is 5.91 Å². The number of carbonyl (C=O) groups excluding carboxylic acids is 1. The highest BCUT2D eigenvalue weighted by atomic mass is 16.2. The van der Waals surface area contributed by atoms with Gasteiger partial charge >= 0.3 is 0 Å². The van der Waals surface area contributed by atoms with E-state index >= 15 is 0 Å². The van der Waals surface area contributed by atoms with Gasteiger partial charge in [-0.05, 0) is 38.5 Å². The van der Waals surface area contributed by atoms with E-state index in [4.69, 9.17) is 0 Å². The first-order valence-corrected chi connectivity index (χ1v) is 6.86. The van der Waals surface area contributed by atoms with Gasteiger partial charge in [0.1, 0.15) is 0 Å². The second kappa shape index (κ2) is 6.33. The van der Waals surface area contributed by atoms with E-state index in [9.17, 15) is 4.79 Å². The largest absolute Gasteiger partial charge is 0.332 e. The van der Waals surface area contributed by atoms with Crippen molar-refractivity contribution in [3.8, 4) is 0 Å². The fourth-order valence-corrected chi connectivity index (χ4v) is 2.13. The Balaban J connectivity index is 2.25. The molecule has 0 saturated carbocycles. The van der Waals surface area contributed by atoms with Crippen LogP contribution >= 0.6 is 0 Å². The Hall–Kier alpha value is -2.16. The second-order valence-corrected chi connectivity index (χ2v) is 5.15. The van der Waals surface area contributed by atoms with Crippen LogP contribution in [-0.4, -0.2) is 21.8 Å². The highest BCUT2D eigenvalue weighted by molar-refractivity contribution is 5.95. The lowest BCUT2D eigenvalue weighted by molar-refractivity contribution is 0.0689. The summed E-state index contributed by atoms with van der Waals surface area (Å²) in [6, 6.07) is 13.8. The van der Waals surface area contributed by atoms with Crippen LogP contribution < -0.4 is 0 Å². The number of carbonyl (C=O) groups is 1. The predicted molar refractivity (Wildman–Crippen MR) is 80.4 cm³/mol. The number of nitrogens with zero attached hydrogens (tertiary/aromatic N) is 2. The Morgan fingerprint density at radius 1 is 1.15 bits per heavy atom. The molecular weight excluding hydrogens is 248 g/mol. The normalized spacial score (nSPS) is 10.6. The number of rotatable bonds is 4. The molecule has 0 bridgehead atoms. The van der Waals surface area contributed by atoms with Crippen molar-refractivity contribution in [2.45, 2.75) is 33.4 Å². The van der Waals surface area contributed by atoms with Gasteiger partial charge < -0.3 is 4.90 Å². The van der Waals surface area contributed by atoms with E-state index in [1.165, 1.54) is 0 Å². The Kier molecular flexibility index (Phi) is 4.51. The molecule has 1 heterocycles. The molecule has 0 atom stereocenters. The van der Waals surface area contributed by atoms with Crippen LogP contribution in [0.4, 0.5) is 0 Å². The summed E-state index contributed by atoms with van der Waals surface area (Å²) >= 11 is 0. The van der Waals surface area contributed by atoms with Gasteiger partial charge in [0.2, 0.25) is 0 Å². The van der Waals surface area contributed by atoms with Crippen molar-refractivity contribution in [2.75, 3.05) is 0 Å². The number of pyridine rings is 1. The molecule has 0 N–H and O–H groups in total. The average Bonchev–Trinajstić information content (AvgIpc) is 2.45. The molecule has 3 nitrogen and oxygen atoms in total. The molecule has 3 heteroatoms. The molecule has 2 aromatic rings. The van der Waals surface area contributed by atoms with Gasteiger partial charge in [0.05, 0.1) is 5.56 Å². The van der Waals surface area contributed by atoms with Crippen LogP contribution in [0.2, 0.25) is 0 Å². The van der Waals surface area contributed by atoms with E-state index in [1.807, 2.05) is 62.1 Å². The van der Waals surface area contributed by atoms with E-state index < -0.39 is 0 Å². The standard InChI is InChI=1S/C17H20N2O/c1-13(2)19(12-15-8-5-4-6-9-15)17(20)16-10-7-11-18-14(16)3/h4-11,13H,12H2,1-3H3. The predicted octanol–water partition coefficient (Wildman–Crippen LogP) is 3.44. The minimum Gasteiger partial charge on any atom is -0.332 e. The van der Waals surface area contributed by atoms with Gasteiger partial charge in [-0.2, -0.15) is 0 Å². The van der Waals surface area contributed by atoms with E-state index in [0.29, 0.717) is 12.1 Å². The molecular formula is C17H20N2O. The summed E-state index contributed by atoms with van der Waals surface area (Å²) < 4.78 is 0. The van der Waals surface area contributed by atoms with E-state index in [0.717, 1.165) is 11.3 Å². The summed E-state index contributed by atoms with van der Waals surface area (Å²) in [7, 11) is 0. The molecule has 20 heavy (non-hydrogen) atoms. The Bertz CT molecular complexity index is 579. The molecule has 2 rings (SSSR count). The zero-order valence-corrected chi connectivity index (χ0v) is 12.2. The number of benzene rings is 1. The number of amides is 1. The number of hydrogen-bond acceptors (Lipinski definition) is 2. The molecule has 0 aliphatic carbocycles. The monoisotopic (exact) mass is 268 g/mol. The van der Waals surface area contributed by atoms with Gasteiger partial charge in [0.25, 0.3) is 5.91 Å². The lowest BCUT2D eigenvalue weighted by Crippen LogP contribution is -2.36. The zero-order valence-electron chi connectivity index (χ0n) is 12.2. The summed E-state index contributed by atoms with van der Waals surface area (Å²) in [5, 5.41) is 0. The highest BCUT2D eigenvalue weighted by Crippen LogP contribution is 2.14. The van der Waals surface area contributed by atoms with Crippen molar-refractivity contribution < 1.29 is 4.79 Å². The first-order valence-electron chi connectivity index (χ1n) is 6.86. The summed E-state index contributed by atoms with van der Waals surface area (Å²) in [4.78, 5) is 18.8. The molecule has 1 aromatic heterocycles. The van der Waals surface area contributed by atoms with E-state index in [1.54, 1.807) is 12.3 Å². The Morgan fingerprint density at radius 2 is 1.85 bits per heavy atom. The average molecular weight is 268 g/mol. The Morgan fingerprint density at radius 3 is 2.45 bits per heavy atom. The quantitative estimate of drug-likeness (QED) is 0.851.